The van der Waals surface area contributed by atoms with Crippen LogP contribution in [0, 0.1) is 0 Å². The summed E-state index contributed by atoms with van der Waals surface area (Å²) in [5.41, 5.74) is 0. The lowest BCUT2D eigenvalue weighted by atomic mass is 10.2. The molecular weight excluding hydrogens is 182 g/mol. The van der Waals surface area contributed by atoms with E-state index in [1.807, 2.05) is 0 Å². The highest BCUT2D eigenvalue weighted by Crippen LogP contribution is 2.19. The molecule has 0 saturated heterocycles. The van der Waals surface area contributed by atoms with Gasteiger partial charge in [-0.15, -0.1) is 23.2 Å². The average Bonchev–Trinajstić information content (AvgIpc) is 2.01. The van der Waals surface area contributed by atoms with Gasteiger partial charge in [0.25, 0.3) is 0 Å². The topological polar surface area (TPSA) is 26.3 Å². The van der Waals surface area contributed by atoms with Crippen LogP contribution in [0.1, 0.15) is 0 Å². The summed E-state index contributed by atoms with van der Waals surface area (Å²) in [5, 5.41) is 0. The first kappa shape index (κ1) is 9.98. The number of alkyl halides is 3. The minimum Gasteiger partial charge on any atom is -0.468 e. The summed E-state index contributed by atoms with van der Waals surface area (Å²) in [4.78, 5) is 8.92. The van der Waals surface area contributed by atoms with E-state index in [2.05, 4.69) is 4.74 Å². The van der Waals surface area contributed by atoms with Crippen molar-refractivity contribution in [1.82, 2.24) is 0 Å². The predicted molar refractivity (Wildman–Crippen MR) is 37.3 cm³/mol. The van der Waals surface area contributed by atoms with Gasteiger partial charge in [-0.2, -0.15) is 0 Å². The van der Waals surface area contributed by atoms with Crippen LogP contribution >= 0.6 is 23.2 Å². The van der Waals surface area contributed by atoms with Gasteiger partial charge in [0.2, 0.25) is 0 Å². The summed E-state index contributed by atoms with van der Waals surface area (Å²) < 4.78 is 16.2. The maximum absolute atomic E-state index is 12.0. The maximum atomic E-state index is 12.0. The van der Waals surface area contributed by atoms with Crippen LogP contribution in [0.2, 0.25) is 0 Å². The van der Waals surface area contributed by atoms with Crippen LogP contribution in [-0.4, -0.2) is 30.5 Å². The molecule has 0 heterocycles. The molecule has 0 radical (unpaired) electrons. The van der Waals surface area contributed by atoms with E-state index < -0.39 is 17.5 Å². The Hall–Kier alpha value is -0.0200. The Morgan fingerprint density at radius 3 is 2.40 bits per heavy atom. The zero-order valence-corrected chi connectivity index (χ0v) is 6.88. The third-order valence-corrected chi connectivity index (χ3v) is 1.96. The first-order valence-electron chi connectivity index (χ1n) is 2.50. The molecule has 1 atom stereocenters. The fourth-order valence-electron chi connectivity index (χ4n) is 0.328. The van der Waals surface area contributed by atoms with Gasteiger partial charge in [-0.05, 0) is 0 Å². The van der Waals surface area contributed by atoms with E-state index in [0.29, 0.717) is 0 Å². The van der Waals surface area contributed by atoms with Gasteiger partial charge in [0.15, 0.2) is 4.87 Å². The van der Waals surface area contributed by atoms with Crippen LogP contribution in [0.15, 0.2) is 0 Å². The zero-order chi connectivity index (χ0) is 8.20. The second kappa shape index (κ2) is 3.98. The minimum atomic E-state index is -1.70. The fraction of sp³-hybridized carbons (Fsp3) is 0.800. The third kappa shape index (κ3) is 1.99. The maximum Gasteiger partial charge on any atom is 0.330 e. The molecule has 1 unspecified atom stereocenters. The second-order valence-corrected chi connectivity index (χ2v) is 2.71. The van der Waals surface area contributed by atoms with E-state index in [0.717, 1.165) is 7.11 Å². The number of rotatable bonds is 3. The Balaban J connectivity index is 4.17. The molecule has 0 aliphatic rings. The number of hydrogen-bond donors (Lipinski definition) is 0. The highest BCUT2D eigenvalue weighted by molar-refractivity contribution is 6.39. The Kier molecular flexibility index (Phi) is 3.98. The highest BCUT2D eigenvalue weighted by Gasteiger charge is 2.36. The lowest BCUT2D eigenvalue weighted by Gasteiger charge is -2.16. The van der Waals surface area contributed by atoms with Crippen LogP contribution < -0.4 is 0 Å². The molecule has 0 aliphatic carbocycles. The summed E-state index contributed by atoms with van der Waals surface area (Å²) in [6.07, 6.45) is 0. The average molecular weight is 189 g/mol. The molecule has 0 aromatic heterocycles. The standard InChI is InChI=1S/C5H7Cl2FO2/c1-10-4(9)5(7,2-6)3-8/h2-3H2,1H3. The number of halogens is 3. The van der Waals surface area contributed by atoms with E-state index in [4.69, 9.17) is 23.2 Å². The van der Waals surface area contributed by atoms with Crippen LogP contribution in [0.4, 0.5) is 4.39 Å². The molecule has 0 saturated carbocycles. The smallest absolute Gasteiger partial charge is 0.330 e. The number of hydrogen-bond acceptors (Lipinski definition) is 2. The van der Waals surface area contributed by atoms with Crippen molar-refractivity contribution in [3.05, 3.63) is 0 Å². The molecule has 0 aromatic carbocycles. The Morgan fingerprint density at radius 1 is 1.80 bits per heavy atom. The molecule has 5 heteroatoms. The number of ether oxygens (including phenoxy) is 1. The van der Waals surface area contributed by atoms with Gasteiger partial charge in [-0.25, -0.2) is 4.39 Å². The number of carbonyl (C=O) groups is 1. The minimum absolute atomic E-state index is 0.294. The van der Waals surface area contributed by atoms with Crippen molar-refractivity contribution in [2.75, 3.05) is 19.7 Å². The lowest BCUT2D eigenvalue weighted by Crippen LogP contribution is -2.37. The molecule has 0 spiro atoms. The summed E-state index contributed by atoms with van der Waals surface area (Å²) in [5.74, 6) is -1.13. The van der Waals surface area contributed by atoms with Gasteiger partial charge >= 0.3 is 5.97 Å². The normalized spacial score (nSPS) is 16.0. The number of carbonyl (C=O) groups excluding carboxylic acids is 1. The predicted octanol–water partition coefficient (Wildman–Crippen LogP) is 1.35. The molecule has 0 amide bonds. The molecule has 2 nitrogen and oxygen atoms in total. The molecule has 0 N–H and O–H groups in total. The Bertz CT molecular complexity index is 125. The highest BCUT2D eigenvalue weighted by atomic mass is 35.5. The number of esters is 1. The van der Waals surface area contributed by atoms with E-state index in [1.165, 1.54) is 0 Å². The second-order valence-electron chi connectivity index (χ2n) is 1.72. The van der Waals surface area contributed by atoms with Gasteiger partial charge in [0.1, 0.15) is 6.67 Å². The summed E-state index contributed by atoms with van der Waals surface area (Å²) >= 11 is 10.6. The SMILES string of the molecule is COC(=O)C(Cl)(CF)CCl. The van der Waals surface area contributed by atoms with Gasteiger partial charge in [-0.1, -0.05) is 0 Å². The first-order valence-corrected chi connectivity index (χ1v) is 3.41. The van der Waals surface area contributed by atoms with E-state index in [-0.39, 0.29) is 5.88 Å². The van der Waals surface area contributed by atoms with Crippen LogP contribution in [-0.2, 0) is 9.53 Å². The quantitative estimate of drug-likeness (QED) is 0.494. The molecule has 0 rings (SSSR count). The number of methoxy groups -OCH3 is 1. The molecule has 60 valence electrons. The van der Waals surface area contributed by atoms with Gasteiger partial charge in [-0.3, -0.25) is 4.79 Å². The van der Waals surface area contributed by atoms with Crippen molar-refractivity contribution in [3.63, 3.8) is 0 Å². The summed E-state index contributed by atoms with van der Waals surface area (Å²) in [7, 11) is 1.13. The van der Waals surface area contributed by atoms with Crippen LogP contribution in [0.3, 0.4) is 0 Å². The summed E-state index contributed by atoms with van der Waals surface area (Å²) in [6, 6.07) is 0. The molecule has 10 heavy (non-hydrogen) atoms. The van der Waals surface area contributed by atoms with Gasteiger partial charge in [0, 0.05) is 0 Å². The van der Waals surface area contributed by atoms with Crippen molar-refractivity contribution in [2.45, 2.75) is 4.87 Å². The van der Waals surface area contributed by atoms with Gasteiger partial charge in [0.05, 0.1) is 13.0 Å². The van der Waals surface area contributed by atoms with E-state index in [1.54, 1.807) is 0 Å². The van der Waals surface area contributed by atoms with E-state index >= 15 is 0 Å². The Morgan fingerprint density at radius 2 is 2.30 bits per heavy atom. The van der Waals surface area contributed by atoms with Crippen LogP contribution in [0.25, 0.3) is 0 Å². The Labute approximate surface area is 68.2 Å². The largest absolute Gasteiger partial charge is 0.468 e. The summed E-state index contributed by atoms with van der Waals surface area (Å²) in [6.45, 7) is -1.02. The van der Waals surface area contributed by atoms with Gasteiger partial charge < -0.3 is 4.74 Å². The molecule has 0 aliphatic heterocycles. The monoisotopic (exact) mass is 188 g/mol. The van der Waals surface area contributed by atoms with E-state index in [9.17, 15) is 9.18 Å². The lowest BCUT2D eigenvalue weighted by molar-refractivity contribution is -0.143. The van der Waals surface area contributed by atoms with Crippen molar-refractivity contribution < 1.29 is 13.9 Å². The third-order valence-electron chi connectivity index (χ3n) is 0.975. The van der Waals surface area contributed by atoms with Crippen molar-refractivity contribution in [3.8, 4) is 0 Å². The molecular formula is C5H7Cl2FO2. The molecule has 0 aromatic rings. The van der Waals surface area contributed by atoms with Crippen molar-refractivity contribution in [2.24, 2.45) is 0 Å². The molecule has 0 fully saturated rings. The molecule has 0 bridgehead atoms. The zero-order valence-electron chi connectivity index (χ0n) is 5.36. The fourth-order valence-corrected chi connectivity index (χ4v) is 0.585. The van der Waals surface area contributed by atoms with Crippen LogP contribution in [0.5, 0.6) is 0 Å². The first-order chi connectivity index (χ1) is 4.60. The van der Waals surface area contributed by atoms with Crippen molar-refractivity contribution in [1.29, 1.82) is 0 Å². The van der Waals surface area contributed by atoms with Crippen molar-refractivity contribution >= 4 is 29.2 Å².